The van der Waals surface area contributed by atoms with Crippen LogP contribution < -0.4 is 5.32 Å². The molecule has 12 heteroatoms. The second kappa shape index (κ2) is 9.94. The van der Waals surface area contributed by atoms with Gasteiger partial charge in [-0.15, -0.1) is 0 Å². The number of piperidine rings is 1. The van der Waals surface area contributed by atoms with Gasteiger partial charge in [0, 0.05) is 25.2 Å². The van der Waals surface area contributed by atoms with Crippen molar-refractivity contribution in [2.75, 3.05) is 13.1 Å². The first-order chi connectivity index (χ1) is 18.7. The number of piperazine rings is 1. The molecule has 1 aromatic carbocycles. The average molecular weight is 562 g/mol. The van der Waals surface area contributed by atoms with E-state index >= 15 is 0 Å². The van der Waals surface area contributed by atoms with Crippen molar-refractivity contribution in [3.05, 3.63) is 35.4 Å². The number of nitrogens with one attached hydrogen (secondary N) is 1. The lowest BCUT2D eigenvalue weighted by atomic mass is 9.99. The molecule has 3 saturated heterocycles. The zero-order chi connectivity index (χ0) is 29.1. The molecule has 0 aromatic heterocycles. The van der Waals surface area contributed by atoms with Gasteiger partial charge in [0.05, 0.1) is 23.7 Å². The van der Waals surface area contributed by atoms with E-state index in [4.69, 9.17) is 4.74 Å². The summed E-state index contributed by atoms with van der Waals surface area (Å²) < 4.78 is 46.4. The van der Waals surface area contributed by atoms with E-state index in [0.29, 0.717) is 19.4 Å². The number of likely N-dealkylation sites (tertiary alicyclic amines) is 3. The Hall–Kier alpha value is -3.33. The van der Waals surface area contributed by atoms with Crippen LogP contribution in [0, 0.1) is 17.2 Å². The van der Waals surface area contributed by atoms with E-state index in [2.05, 4.69) is 11.4 Å². The fraction of sp³-hybridized carbons (Fsp3) is 0.643. The molecule has 4 aliphatic rings. The second-order valence-corrected chi connectivity index (χ2v) is 12.3. The topological polar surface area (TPSA) is 106 Å². The van der Waals surface area contributed by atoms with Crippen LogP contribution in [-0.2, 0) is 20.5 Å². The van der Waals surface area contributed by atoms with Gasteiger partial charge in [-0.2, -0.15) is 18.4 Å². The molecule has 1 N–H and O–H groups in total. The fourth-order valence-electron chi connectivity index (χ4n) is 6.61. The average Bonchev–Trinajstić information content (AvgIpc) is 3.18. The van der Waals surface area contributed by atoms with E-state index in [9.17, 15) is 32.8 Å². The van der Waals surface area contributed by atoms with Crippen molar-refractivity contribution >= 4 is 17.9 Å². The SMILES string of the molecule is C[C@H](c1ccccc1C(F)(F)F)N1C(=O)[C@@H]2C[C@@H]1CN2C[C@H](NC(=O)OC(C)(C)C)C(=O)N1[C@H](C#N)CC2C[C@@H]21. The Morgan fingerprint density at radius 1 is 1.18 bits per heavy atom. The maximum Gasteiger partial charge on any atom is 0.416 e. The van der Waals surface area contributed by atoms with Crippen LogP contribution >= 0.6 is 0 Å². The zero-order valence-corrected chi connectivity index (χ0v) is 22.9. The fourth-order valence-corrected chi connectivity index (χ4v) is 6.61. The van der Waals surface area contributed by atoms with Crippen LogP contribution in [0.5, 0.6) is 0 Å². The third-order valence-corrected chi connectivity index (χ3v) is 8.36. The highest BCUT2D eigenvalue weighted by Crippen LogP contribution is 2.48. The molecule has 0 radical (unpaired) electrons. The van der Waals surface area contributed by atoms with Crippen LogP contribution in [0.15, 0.2) is 24.3 Å². The van der Waals surface area contributed by atoms with Crippen molar-refractivity contribution < 1.29 is 32.3 Å². The number of halogens is 3. The minimum atomic E-state index is -4.54. The molecule has 1 aliphatic carbocycles. The van der Waals surface area contributed by atoms with E-state index in [1.807, 2.05) is 4.90 Å². The van der Waals surface area contributed by atoms with Gasteiger partial charge in [0.15, 0.2) is 0 Å². The first-order valence-electron chi connectivity index (χ1n) is 13.6. The van der Waals surface area contributed by atoms with Gasteiger partial charge in [0.2, 0.25) is 11.8 Å². The van der Waals surface area contributed by atoms with Crippen LogP contribution in [0.3, 0.4) is 0 Å². The lowest BCUT2D eigenvalue weighted by Crippen LogP contribution is -2.59. The van der Waals surface area contributed by atoms with E-state index in [1.54, 1.807) is 32.6 Å². The molecular weight excluding hydrogens is 527 g/mol. The number of alkyl carbamates (subject to hydrolysis) is 1. The van der Waals surface area contributed by atoms with E-state index in [1.165, 1.54) is 23.1 Å². The van der Waals surface area contributed by atoms with Crippen molar-refractivity contribution in [3.63, 3.8) is 0 Å². The lowest BCUT2D eigenvalue weighted by molar-refractivity contribution is -0.144. The minimum absolute atomic E-state index is 0.0261. The number of carbonyl (C=O) groups excluding carboxylic acids is 3. The Bertz CT molecular complexity index is 1240. The van der Waals surface area contributed by atoms with Crippen LogP contribution in [0.1, 0.15) is 64.1 Å². The van der Waals surface area contributed by atoms with Gasteiger partial charge in [-0.25, -0.2) is 4.79 Å². The quantitative estimate of drug-likeness (QED) is 0.571. The summed E-state index contributed by atoms with van der Waals surface area (Å²) >= 11 is 0. The molecule has 2 bridgehead atoms. The van der Waals surface area contributed by atoms with Crippen LogP contribution in [0.4, 0.5) is 18.0 Å². The molecule has 1 unspecified atom stereocenters. The zero-order valence-electron chi connectivity index (χ0n) is 22.9. The normalized spacial score (nSPS) is 29.1. The summed E-state index contributed by atoms with van der Waals surface area (Å²) in [5.74, 6) is -0.403. The van der Waals surface area contributed by atoms with Gasteiger partial charge in [-0.05, 0) is 64.5 Å². The Balaban J connectivity index is 1.33. The van der Waals surface area contributed by atoms with Crippen molar-refractivity contribution in [1.82, 2.24) is 20.0 Å². The van der Waals surface area contributed by atoms with Gasteiger partial charge in [0.25, 0.3) is 0 Å². The van der Waals surface area contributed by atoms with Gasteiger partial charge in [-0.3, -0.25) is 14.5 Å². The third kappa shape index (κ3) is 5.23. The van der Waals surface area contributed by atoms with Crippen molar-refractivity contribution in [2.45, 2.75) is 95.0 Å². The maximum atomic E-state index is 13.7. The lowest BCUT2D eigenvalue weighted by Gasteiger charge is -2.39. The summed E-state index contributed by atoms with van der Waals surface area (Å²) in [5, 5.41) is 12.3. The molecule has 216 valence electrons. The molecule has 3 aliphatic heterocycles. The summed E-state index contributed by atoms with van der Waals surface area (Å²) in [7, 11) is 0. The van der Waals surface area contributed by atoms with Crippen LogP contribution in [-0.4, -0.2) is 81.5 Å². The summed E-state index contributed by atoms with van der Waals surface area (Å²) in [5.41, 5.74) is -1.52. The van der Waals surface area contributed by atoms with Gasteiger partial charge < -0.3 is 19.9 Å². The molecule has 3 amide bonds. The summed E-state index contributed by atoms with van der Waals surface area (Å²) in [6.07, 6.45) is -3.48. The number of hydrogen-bond acceptors (Lipinski definition) is 6. The number of carbonyl (C=O) groups is 3. The number of amides is 3. The highest BCUT2D eigenvalue weighted by Gasteiger charge is 2.57. The molecular formula is C28H34F3N5O4. The largest absolute Gasteiger partial charge is 0.444 e. The molecule has 4 fully saturated rings. The second-order valence-electron chi connectivity index (χ2n) is 12.3. The summed E-state index contributed by atoms with van der Waals surface area (Å²) in [4.78, 5) is 44.8. The summed E-state index contributed by atoms with van der Waals surface area (Å²) in [6.45, 7) is 7.09. The predicted molar refractivity (Wildman–Crippen MR) is 136 cm³/mol. The van der Waals surface area contributed by atoms with E-state index in [0.717, 1.165) is 12.5 Å². The number of rotatable bonds is 6. The highest BCUT2D eigenvalue weighted by atomic mass is 19.4. The molecule has 1 saturated carbocycles. The third-order valence-electron chi connectivity index (χ3n) is 8.36. The van der Waals surface area contributed by atoms with E-state index in [-0.39, 0.29) is 41.9 Å². The van der Waals surface area contributed by atoms with Crippen LogP contribution in [0.2, 0.25) is 0 Å². The van der Waals surface area contributed by atoms with E-state index < -0.39 is 47.6 Å². The Labute approximate surface area is 231 Å². The molecule has 9 nitrogen and oxygen atoms in total. The first kappa shape index (κ1) is 28.2. The number of alkyl halides is 3. The Morgan fingerprint density at radius 2 is 1.88 bits per heavy atom. The molecule has 0 spiro atoms. The predicted octanol–water partition coefficient (Wildman–Crippen LogP) is 3.46. The first-order valence-corrected chi connectivity index (χ1v) is 13.6. The monoisotopic (exact) mass is 561 g/mol. The number of fused-ring (bicyclic) bond motifs is 3. The number of benzene rings is 1. The number of nitriles is 1. The number of hydrogen-bond donors (Lipinski definition) is 1. The smallest absolute Gasteiger partial charge is 0.416 e. The minimum Gasteiger partial charge on any atom is -0.444 e. The van der Waals surface area contributed by atoms with Gasteiger partial charge >= 0.3 is 12.3 Å². The molecule has 5 rings (SSSR count). The van der Waals surface area contributed by atoms with Crippen molar-refractivity contribution in [2.24, 2.45) is 5.92 Å². The summed E-state index contributed by atoms with van der Waals surface area (Å²) in [6, 6.07) is 4.08. The van der Waals surface area contributed by atoms with Crippen molar-refractivity contribution in [3.8, 4) is 6.07 Å². The maximum absolute atomic E-state index is 13.7. The Kier molecular flexibility index (Phi) is 7.01. The van der Waals surface area contributed by atoms with Gasteiger partial charge in [0.1, 0.15) is 17.7 Å². The number of nitrogens with zero attached hydrogens (tertiary/aromatic N) is 4. The molecule has 40 heavy (non-hydrogen) atoms. The molecule has 3 heterocycles. The molecule has 1 aromatic rings. The van der Waals surface area contributed by atoms with Crippen molar-refractivity contribution in [1.29, 1.82) is 5.26 Å². The van der Waals surface area contributed by atoms with Gasteiger partial charge in [-0.1, -0.05) is 18.2 Å². The number of ether oxygens (including phenoxy) is 1. The highest BCUT2D eigenvalue weighted by molar-refractivity contribution is 5.89. The van der Waals surface area contributed by atoms with Crippen LogP contribution in [0.25, 0.3) is 0 Å². The molecule has 7 atom stereocenters. The standard InChI is InChI=1S/C28H34F3N5O4/c1-15(19-7-5-6-8-20(19)28(29,30)31)35-18-11-23(25(35)38)34(13-18)14-21(33-26(39)40-27(2,3)4)24(37)36-17(12-32)9-16-10-22(16)36/h5-8,15-18,21-23H,9-11,13-14H2,1-4H3,(H,33,39)/t15-,16?,17+,18-,21+,22+,23+/m1/s1. The Morgan fingerprint density at radius 3 is 2.50 bits per heavy atom.